The number of esters is 1. The van der Waals surface area contributed by atoms with Gasteiger partial charge in [0.1, 0.15) is 5.69 Å². The molecule has 23 heavy (non-hydrogen) atoms. The molecule has 2 atom stereocenters. The van der Waals surface area contributed by atoms with Gasteiger partial charge < -0.3 is 10.1 Å². The van der Waals surface area contributed by atoms with Gasteiger partial charge in [-0.3, -0.25) is 25.0 Å². The van der Waals surface area contributed by atoms with Crippen molar-refractivity contribution in [1.82, 2.24) is 0 Å². The number of methoxy groups -OCH3 is 1. The number of carbonyl (C=O) groups excluding carboxylic acids is 1. The average molecular weight is 323 g/mol. The molecule has 0 heterocycles. The van der Waals surface area contributed by atoms with Crippen molar-refractivity contribution in [3.63, 3.8) is 0 Å². The number of anilines is 1. The Balaban J connectivity index is 2.28. The van der Waals surface area contributed by atoms with Crippen LogP contribution in [0.4, 0.5) is 17.1 Å². The molecule has 0 bridgehead atoms. The number of non-ortho nitro benzene ring substituents is 1. The summed E-state index contributed by atoms with van der Waals surface area (Å²) in [5.74, 6) is -0.740. The Kier molecular flexibility index (Phi) is 5.09. The minimum absolute atomic E-state index is 0.168. The van der Waals surface area contributed by atoms with E-state index in [0.29, 0.717) is 12.8 Å². The molecule has 1 aliphatic carbocycles. The Morgan fingerprint density at radius 1 is 1.22 bits per heavy atom. The molecule has 1 aromatic carbocycles. The molecular weight excluding hydrogens is 306 g/mol. The second kappa shape index (κ2) is 7.03. The van der Waals surface area contributed by atoms with Gasteiger partial charge >= 0.3 is 5.97 Å². The number of hydrogen-bond acceptors (Lipinski definition) is 7. The van der Waals surface area contributed by atoms with E-state index < -0.39 is 9.85 Å². The van der Waals surface area contributed by atoms with Crippen LogP contribution < -0.4 is 5.32 Å². The maximum atomic E-state index is 11.8. The first-order chi connectivity index (χ1) is 10.9. The molecule has 9 heteroatoms. The van der Waals surface area contributed by atoms with Gasteiger partial charge in [-0.2, -0.15) is 0 Å². The summed E-state index contributed by atoms with van der Waals surface area (Å²) in [7, 11) is 1.31. The lowest BCUT2D eigenvalue weighted by Crippen LogP contribution is -2.38. The normalized spacial score (nSPS) is 20.6. The average Bonchev–Trinajstić information content (AvgIpc) is 2.54. The van der Waals surface area contributed by atoms with Crippen LogP contribution in [-0.2, 0) is 9.53 Å². The second-order valence-corrected chi connectivity index (χ2v) is 5.38. The van der Waals surface area contributed by atoms with Gasteiger partial charge in [0, 0.05) is 12.1 Å². The third-order valence-electron chi connectivity index (χ3n) is 4.00. The van der Waals surface area contributed by atoms with E-state index in [1.54, 1.807) is 0 Å². The number of carbonyl (C=O) groups is 1. The quantitative estimate of drug-likeness (QED) is 0.501. The number of ether oxygens (including phenoxy) is 1. The van der Waals surface area contributed by atoms with Crippen molar-refractivity contribution in [1.29, 1.82) is 0 Å². The molecule has 0 aliphatic heterocycles. The van der Waals surface area contributed by atoms with Crippen molar-refractivity contribution in [3.05, 3.63) is 38.4 Å². The molecule has 0 amide bonds. The lowest BCUT2D eigenvalue weighted by molar-refractivity contribution is -0.393. The van der Waals surface area contributed by atoms with Crippen LogP contribution in [0.5, 0.6) is 0 Å². The summed E-state index contributed by atoms with van der Waals surface area (Å²) in [5.41, 5.74) is -0.565. The molecule has 0 aromatic heterocycles. The number of nitrogens with one attached hydrogen (secondary N) is 1. The zero-order valence-corrected chi connectivity index (χ0v) is 12.6. The summed E-state index contributed by atoms with van der Waals surface area (Å²) < 4.78 is 4.78. The highest BCUT2D eigenvalue weighted by atomic mass is 16.6. The van der Waals surface area contributed by atoms with Crippen LogP contribution in [0.2, 0.25) is 0 Å². The van der Waals surface area contributed by atoms with E-state index in [-0.39, 0.29) is 35.0 Å². The van der Waals surface area contributed by atoms with Crippen molar-refractivity contribution in [2.24, 2.45) is 5.92 Å². The van der Waals surface area contributed by atoms with E-state index in [2.05, 4.69) is 5.32 Å². The molecule has 1 aliphatic rings. The van der Waals surface area contributed by atoms with Gasteiger partial charge in [-0.25, -0.2) is 0 Å². The Morgan fingerprint density at radius 2 is 1.91 bits per heavy atom. The first-order valence-corrected chi connectivity index (χ1v) is 7.21. The van der Waals surface area contributed by atoms with E-state index in [1.807, 2.05) is 0 Å². The molecule has 0 saturated heterocycles. The molecule has 1 N–H and O–H groups in total. The Bertz CT molecular complexity index is 633. The summed E-state index contributed by atoms with van der Waals surface area (Å²) in [4.78, 5) is 32.4. The summed E-state index contributed by atoms with van der Waals surface area (Å²) >= 11 is 0. The van der Waals surface area contributed by atoms with Crippen LogP contribution in [0.15, 0.2) is 18.2 Å². The minimum Gasteiger partial charge on any atom is -0.469 e. The zero-order valence-electron chi connectivity index (χ0n) is 12.6. The van der Waals surface area contributed by atoms with Crippen LogP contribution in [0.25, 0.3) is 0 Å². The van der Waals surface area contributed by atoms with Gasteiger partial charge in [0.2, 0.25) is 0 Å². The van der Waals surface area contributed by atoms with Crippen molar-refractivity contribution in [2.45, 2.75) is 31.7 Å². The van der Waals surface area contributed by atoms with Crippen LogP contribution in [0.1, 0.15) is 25.7 Å². The maximum absolute atomic E-state index is 11.8. The fraction of sp³-hybridized carbons (Fsp3) is 0.500. The fourth-order valence-electron chi connectivity index (χ4n) is 2.84. The van der Waals surface area contributed by atoms with E-state index >= 15 is 0 Å². The largest absolute Gasteiger partial charge is 0.469 e. The van der Waals surface area contributed by atoms with Gasteiger partial charge in [-0.15, -0.1) is 0 Å². The van der Waals surface area contributed by atoms with Gasteiger partial charge in [0.15, 0.2) is 0 Å². The highest BCUT2D eigenvalue weighted by molar-refractivity contribution is 5.75. The second-order valence-electron chi connectivity index (χ2n) is 5.38. The van der Waals surface area contributed by atoms with Crippen molar-refractivity contribution < 1.29 is 19.4 Å². The van der Waals surface area contributed by atoms with Gasteiger partial charge in [-0.1, -0.05) is 12.8 Å². The van der Waals surface area contributed by atoms with E-state index in [4.69, 9.17) is 4.74 Å². The Hall–Kier alpha value is -2.71. The molecule has 1 fully saturated rings. The monoisotopic (exact) mass is 323 g/mol. The minimum atomic E-state index is -0.686. The van der Waals surface area contributed by atoms with E-state index in [9.17, 15) is 25.0 Å². The molecule has 2 rings (SSSR count). The summed E-state index contributed by atoms with van der Waals surface area (Å²) in [6.45, 7) is 0. The highest BCUT2D eigenvalue weighted by Gasteiger charge is 2.33. The number of nitrogens with zero attached hydrogens (tertiary/aromatic N) is 2. The summed E-state index contributed by atoms with van der Waals surface area (Å²) in [5, 5.41) is 24.9. The molecule has 0 radical (unpaired) electrons. The SMILES string of the molecule is COC(=O)[C@H]1CCCC[C@@H]1Nc1ccc([N+](=O)[O-])cc1[N+](=O)[O-]. The van der Waals surface area contributed by atoms with Crippen LogP contribution in [-0.4, -0.2) is 29.0 Å². The number of rotatable bonds is 5. The Labute approximate surface area is 131 Å². The lowest BCUT2D eigenvalue weighted by Gasteiger charge is -2.30. The molecule has 1 saturated carbocycles. The number of benzene rings is 1. The van der Waals surface area contributed by atoms with E-state index in [0.717, 1.165) is 18.9 Å². The summed E-state index contributed by atoms with van der Waals surface area (Å²) in [6, 6.07) is 3.12. The number of nitro groups is 2. The number of nitro benzene ring substituents is 2. The predicted molar refractivity (Wildman–Crippen MR) is 81.1 cm³/mol. The van der Waals surface area contributed by atoms with Crippen LogP contribution in [0.3, 0.4) is 0 Å². The van der Waals surface area contributed by atoms with Crippen molar-refractivity contribution in [2.75, 3.05) is 12.4 Å². The predicted octanol–water partition coefficient (Wildman–Crippen LogP) is 2.65. The topological polar surface area (TPSA) is 125 Å². The third-order valence-corrected chi connectivity index (χ3v) is 4.00. The van der Waals surface area contributed by atoms with Crippen molar-refractivity contribution in [3.8, 4) is 0 Å². The Morgan fingerprint density at radius 3 is 2.52 bits per heavy atom. The van der Waals surface area contributed by atoms with Gasteiger partial charge in [0.05, 0.1) is 28.9 Å². The van der Waals surface area contributed by atoms with E-state index in [1.165, 1.54) is 19.2 Å². The molecule has 0 unspecified atom stereocenters. The first-order valence-electron chi connectivity index (χ1n) is 7.21. The third kappa shape index (κ3) is 3.74. The van der Waals surface area contributed by atoms with Gasteiger partial charge in [0.25, 0.3) is 11.4 Å². The standard InChI is InChI=1S/C14H17N3O6/c1-23-14(18)10-4-2-3-5-11(10)15-12-7-6-9(16(19)20)8-13(12)17(21)22/h6-8,10-11,15H,2-5H2,1H3/t10-,11-/m0/s1. The first kappa shape index (κ1) is 16.7. The molecular formula is C14H17N3O6. The highest BCUT2D eigenvalue weighted by Crippen LogP contribution is 2.33. The molecule has 0 spiro atoms. The smallest absolute Gasteiger partial charge is 0.310 e. The number of hydrogen-bond donors (Lipinski definition) is 1. The molecule has 124 valence electrons. The van der Waals surface area contributed by atoms with Crippen LogP contribution in [0, 0.1) is 26.1 Å². The van der Waals surface area contributed by atoms with Crippen LogP contribution >= 0.6 is 0 Å². The summed E-state index contributed by atoms with van der Waals surface area (Å²) in [6.07, 6.45) is 3.10. The van der Waals surface area contributed by atoms with Crippen molar-refractivity contribution >= 4 is 23.0 Å². The zero-order chi connectivity index (χ0) is 17.0. The maximum Gasteiger partial charge on any atom is 0.310 e. The van der Waals surface area contributed by atoms with Gasteiger partial charge in [-0.05, 0) is 18.9 Å². The molecule has 9 nitrogen and oxygen atoms in total. The lowest BCUT2D eigenvalue weighted by atomic mass is 9.84. The molecule has 1 aromatic rings. The fourth-order valence-corrected chi connectivity index (χ4v) is 2.84.